The fraction of sp³-hybridized carbons (Fsp3) is 0.381. The molecule has 0 saturated carbocycles. The van der Waals surface area contributed by atoms with Crippen molar-refractivity contribution in [3.8, 4) is 5.75 Å². The molecule has 0 atom stereocenters. The standard InChI is InChI=1S/C21H24ClFN2O2/c22-18-5-7-19(8-6-18)27-14-11-24-21(26)16-9-12-25(13-10-16)15-17-3-1-2-4-20(17)23/h1-8,16H,9-15H2,(H,24,26). The highest BCUT2D eigenvalue weighted by molar-refractivity contribution is 6.30. The SMILES string of the molecule is O=C(NCCOc1ccc(Cl)cc1)C1CCN(Cc2ccccc2F)CC1. The Kier molecular flexibility index (Phi) is 7.07. The van der Waals surface area contributed by atoms with Crippen LogP contribution < -0.4 is 10.1 Å². The number of benzene rings is 2. The number of likely N-dealkylation sites (tertiary alicyclic amines) is 1. The number of ether oxygens (including phenoxy) is 1. The van der Waals surface area contributed by atoms with Crippen molar-refractivity contribution < 1.29 is 13.9 Å². The van der Waals surface area contributed by atoms with Crippen LogP contribution in [0.1, 0.15) is 18.4 Å². The second-order valence-electron chi connectivity index (χ2n) is 6.74. The number of hydrogen-bond donors (Lipinski definition) is 1. The van der Waals surface area contributed by atoms with Crippen molar-refractivity contribution in [2.75, 3.05) is 26.2 Å². The maximum absolute atomic E-state index is 13.8. The van der Waals surface area contributed by atoms with Crippen molar-refractivity contribution in [2.24, 2.45) is 5.92 Å². The third-order valence-corrected chi connectivity index (χ3v) is 5.05. The van der Waals surface area contributed by atoms with Crippen LogP contribution in [0.4, 0.5) is 4.39 Å². The zero-order valence-corrected chi connectivity index (χ0v) is 15.9. The lowest BCUT2D eigenvalue weighted by atomic mass is 9.95. The van der Waals surface area contributed by atoms with E-state index in [1.54, 1.807) is 30.3 Å². The van der Waals surface area contributed by atoms with Crippen LogP contribution >= 0.6 is 11.6 Å². The summed E-state index contributed by atoms with van der Waals surface area (Å²) in [5, 5.41) is 3.60. The molecule has 27 heavy (non-hydrogen) atoms. The predicted octanol–water partition coefficient (Wildman–Crippen LogP) is 3.89. The molecule has 0 unspecified atom stereocenters. The van der Waals surface area contributed by atoms with Gasteiger partial charge in [0, 0.05) is 23.0 Å². The minimum Gasteiger partial charge on any atom is -0.492 e. The molecule has 1 N–H and O–H groups in total. The Morgan fingerprint density at radius 3 is 2.56 bits per heavy atom. The monoisotopic (exact) mass is 390 g/mol. The Labute approximate surface area is 164 Å². The van der Waals surface area contributed by atoms with Gasteiger partial charge in [-0.1, -0.05) is 29.8 Å². The molecule has 0 bridgehead atoms. The summed E-state index contributed by atoms with van der Waals surface area (Å²) in [6, 6.07) is 14.0. The van der Waals surface area contributed by atoms with E-state index < -0.39 is 0 Å². The van der Waals surface area contributed by atoms with Crippen molar-refractivity contribution >= 4 is 17.5 Å². The van der Waals surface area contributed by atoms with Gasteiger partial charge in [-0.3, -0.25) is 9.69 Å². The minimum absolute atomic E-state index is 0.0115. The molecule has 0 spiro atoms. The van der Waals surface area contributed by atoms with Crippen molar-refractivity contribution in [1.29, 1.82) is 0 Å². The van der Waals surface area contributed by atoms with Gasteiger partial charge >= 0.3 is 0 Å². The second-order valence-corrected chi connectivity index (χ2v) is 7.17. The van der Waals surface area contributed by atoms with E-state index in [0.29, 0.717) is 30.3 Å². The molecule has 1 saturated heterocycles. The molecule has 6 heteroatoms. The molecule has 144 valence electrons. The number of hydrogen-bond acceptors (Lipinski definition) is 3. The van der Waals surface area contributed by atoms with Crippen molar-refractivity contribution in [3.63, 3.8) is 0 Å². The average Bonchev–Trinajstić information content (AvgIpc) is 2.69. The van der Waals surface area contributed by atoms with E-state index in [-0.39, 0.29) is 17.6 Å². The first-order valence-corrected chi connectivity index (χ1v) is 9.61. The zero-order chi connectivity index (χ0) is 19.1. The number of nitrogens with one attached hydrogen (secondary N) is 1. The Morgan fingerprint density at radius 2 is 1.85 bits per heavy atom. The van der Waals surface area contributed by atoms with E-state index in [4.69, 9.17) is 16.3 Å². The van der Waals surface area contributed by atoms with Crippen LogP contribution in [-0.2, 0) is 11.3 Å². The summed E-state index contributed by atoms with van der Waals surface area (Å²) < 4.78 is 19.3. The third kappa shape index (κ3) is 5.94. The van der Waals surface area contributed by atoms with E-state index in [1.807, 2.05) is 12.1 Å². The van der Waals surface area contributed by atoms with E-state index in [0.717, 1.165) is 31.7 Å². The number of halogens is 2. The molecule has 1 amide bonds. The summed E-state index contributed by atoms with van der Waals surface area (Å²) in [6.07, 6.45) is 1.58. The van der Waals surface area contributed by atoms with Crippen LogP contribution in [0, 0.1) is 11.7 Å². The summed E-state index contributed by atoms with van der Waals surface area (Å²) in [7, 11) is 0. The molecule has 0 radical (unpaired) electrons. The van der Waals surface area contributed by atoms with Crippen molar-refractivity contribution in [2.45, 2.75) is 19.4 Å². The third-order valence-electron chi connectivity index (χ3n) is 4.79. The minimum atomic E-state index is -0.168. The van der Waals surface area contributed by atoms with Crippen LogP contribution in [0.3, 0.4) is 0 Å². The Balaban J connectivity index is 1.34. The van der Waals surface area contributed by atoms with Gasteiger partial charge in [-0.15, -0.1) is 0 Å². The summed E-state index contributed by atoms with van der Waals surface area (Å²) in [5.41, 5.74) is 0.708. The fourth-order valence-corrected chi connectivity index (χ4v) is 3.37. The Hall–Kier alpha value is -2.11. The second kappa shape index (κ2) is 9.72. The molecule has 4 nitrogen and oxygen atoms in total. The molecule has 3 rings (SSSR count). The molecule has 0 aromatic heterocycles. The quantitative estimate of drug-likeness (QED) is 0.729. The van der Waals surface area contributed by atoms with Gasteiger partial charge in [0.05, 0.1) is 6.54 Å². The largest absolute Gasteiger partial charge is 0.492 e. The molecule has 1 aliphatic rings. The number of carbonyl (C=O) groups is 1. The Morgan fingerprint density at radius 1 is 1.15 bits per heavy atom. The van der Waals surface area contributed by atoms with E-state index in [2.05, 4.69) is 10.2 Å². The number of carbonyl (C=O) groups excluding carboxylic acids is 1. The maximum atomic E-state index is 13.8. The lowest BCUT2D eigenvalue weighted by Crippen LogP contribution is -2.41. The number of amides is 1. The first-order chi connectivity index (χ1) is 13.1. The summed E-state index contributed by atoms with van der Waals surface area (Å²) in [4.78, 5) is 14.5. The summed E-state index contributed by atoms with van der Waals surface area (Å²) >= 11 is 5.83. The first-order valence-electron chi connectivity index (χ1n) is 9.23. The molecule has 1 aliphatic heterocycles. The normalized spacial score (nSPS) is 15.5. The van der Waals surface area contributed by atoms with Crippen molar-refractivity contribution in [3.05, 3.63) is 64.9 Å². The van der Waals surface area contributed by atoms with Gasteiger partial charge in [0.25, 0.3) is 0 Å². The fourth-order valence-electron chi connectivity index (χ4n) is 3.24. The smallest absolute Gasteiger partial charge is 0.223 e. The molecule has 1 fully saturated rings. The van der Waals surface area contributed by atoms with Crippen LogP contribution in [0.2, 0.25) is 5.02 Å². The summed E-state index contributed by atoms with van der Waals surface area (Å²) in [5.74, 6) is 0.644. The molecule has 1 heterocycles. The highest BCUT2D eigenvalue weighted by Crippen LogP contribution is 2.20. The van der Waals surface area contributed by atoms with Crippen LogP contribution in [-0.4, -0.2) is 37.0 Å². The first kappa shape index (κ1) is 19.6. The average molecular weight is 391 g/mol. The van der Waals surface area contributed by atoms with E-state index >= 15 is 0 Å². The van der Waals surface area contributed by atoms with Gasteiger partial charge in [-0.05, 0) is 56.3 Å². The van der Waals surface area contributed by atoms with Crippen LogP contribution in [0.5, 0.6) is 5.75 Å². The van der Waals surface area contributed by atoms with Gasteiger partial charge in [-0.2, -0.15) is 0 Å². The molecular formula is C21H24ClFN2O2. The lowest BCUT2D eigenvalue weighted by Gasteiger charge is -2.31. The van der Waals surface area contributed by atoms with Gasteiger partial charge in [-0.25, -0.2) is 4.39 Å². The van der Waals surface area contributed by atoms with Crippen molar-refractivity contribution in [1.82, 2.24) is 10.2 Å². The maximum Gasteiger partial charge on any atom is 0.223 e. The highest BCUT2D eigenvalue weighted by atomic mass is 35.5. The lowest BCUT2D eigenvalue weighted by molar-refractivity contribution is -0.126. The predicted molar refractivity (Wildman–Crippen MR) is 104 cm³/mol. The molecule has 2 aromatic carbocycles. The van der Waals surface area contributed by atoms with Gasteiger partial charge < -0.3 is 10.1 Å². The molecular weight excluding hydrogens is 367 g/mol. The number of rotatable bonds is 7. The van der Waals surface area contributed by atoms with Gasteiger partial charge in [0.1, 0.15) is 18.2 Å². The Bertz CT molecular complexity index is 746. The van der Waals surface area contributed by atoms with Gasteiger partial charge in [0.2, 0.25) is 5.91 Å². The van der Waals surface area contributed by atoms with Crippen LogP contribution in [0.25, 0.3) is 0 Å². The topological polar surface area (TPSA) is 41.6 Å². The zero-order valence-electron chi connectivity index (χ0n) is 15.2. The number of piperidine rings is 1. The van der Waals surface area contributed by atoms with Gasteiger partial charge in [0.15, 0.2) is 0 Å². The van der Waals surface area contributed by atoms with E-state index in [9.17, 15) is 9.18 Å². The highest BCUT2D eigenvalue weighted by Gasteiger charge is 2.25. The van der Waals surface area contributed by atoms with E-state index in [1.165, 1.54) is 6.07 Å². The summed E-state index contributed by atoms with van der Waals surface area (Å²) in [6.45, 7) is 3.08. The molecule has 0 aliphatic carbocycles. The number of nitrogens with zero attached hydrogens (tertiary/aromatic N) is 1. The van der Waals surface area contributed by atoms with Crippen LogP contribution in [0.15, 0.2) is 48.5 Å². The molecule has 2 aromatic rings.